The molecule has 1 heterocycles. The summed E-state index contributed by atoms with van der Waals surface area (Å²) in [6.45, 7) is 7.19. The summed E-state index contributed by atoms with van der Waals surface area (Å²) >= 11 is 0. The lowest BCUT2D eigenvalue weighted by atomic mass is 9.87. The minimum atomic E-state index is -0.250. The number of aromatic nitrogens is 2. The Morgan fingerprint density at radius 2 is 1.68 bits per heavy atom. The molecule has 1 aromatic heterocycles. The van der Waals surface area contributed by atoms with Gasteiger partial charge in [-0.15, -0.1) is 0 Å². The molecule has 0 aliphatic heterocycles. The highest BCUT2D eigenvalue weighted by molar-refractivity contribution is 6.03. The standard InChI is InChI=1S/C23H26N4O/c1-23(2,3)18-10-12-19(13-11-18)26-22(28)20-14-21(25-16-24-20)27(4)15-17-8-6-5-7-9-17/h5-14,16H,15H2,1-4H3,(H,26,28). The second-order valence-electron chi connectivity index (χ2n) is 7.88. The summed E-state index contributed by atoms with van der Waals surface area (Å²) in [5.74, 6) is 0.451. The minimum Gasteiger partial charge on any atom is -0.355 e. The number of hydrogen-bond acceptors (Lipinski definition) is 4. The highest BCUT2D eigenvalue weighted by atomic mass is 16.1. The van der Waals surface area contributed by atoms with Gasteiger partial charge in [-0.2, -0.15) is 0 Å². The van der Waals surface area contributed by atoms with Crippen LogP contribution in [0.15, 0.2) is 67.0 Å². The van der Waals surface area contributed by atoms with Gasteiger partial charge in [-0.25, -0.2) is 9.97 Å². The van der Waals surface area contributed by atoms with Crippen LogP contribution in [0.3, 0.4) is 0 Å². The van der Waals surface area contributed by atoms with E-state index in [1.807, 2.05) is 54.4 Å². The predicted molar refractivity (Wildman–Crippen MR) is 114 cm³/mol. The molecule has 1 N–H and O–H groups in total. The molecule has 0 fully saturated rings. The average molecular weight is 374 g/mol. The van der Waals surface area contributed by atoms with Gasteiger partial charge in [0.2, 0.25) is 0 Å². The third kappa shape index (κ3) is 4.94. The Morgan fingerprint density at radius 1 is 1.00 bits per heavy atom. The van der Waals surface area contributed by atoms with Crippen LogP contribution in [-0.2, 0) is 12.0 Å². The molecular formula is C23H26N4O. The summed E-state index contributed by atoms with van der Waals surface area (Å²) in [4.78, 5) is 23.0. The second-order valence-corrected chi connectivity index (χ2v) is 7.88. The Hall–Kier alpha value is -3.21. The smallest absolute Gasteiger partial charge is 0.274 e. The number of nitrogens with zero attached hydrogens (tertiary/aromatic N) is 3. The van der Waals surface area contributed by atoms with Crippen LogP contribution in [0.25, 0.3) is 0 Å². The maximum Gasteiger partial charge on any atom is 0.274 e. The zero-order chi connectivity index (χ0) is 20.1. The number of nitrogens with one attached hydrogen (secondary N) is 1. The van der Waals surface area contributed by atoms with Crippen molar-refractivity contribution >= 4 is 17.4 Å². The number of benzene rings is 2. The molecule has 0 bridgehead atoms. The first kappa shape index (κ1) is 19.5. The Kier molecular flexibility index (Phi) is 5.73. The summed E-state index contributed by atoms with van der Waals surface area (Å²) in [7, 11) is 1.95. The molecule has 0 saturated heterocycles. The van der Waals surface area contributed by atoms with Crippen LogP contribution in [0, 0.1) is 0 Å². The number of carbonyl (C=O) groups is 1. The first-order valence-electron chi connectivity index (χ1n) is 9.32. The molecular weight excluding hydrogens is 348 g/mol. The molecule has 3 aromatic rings. The fourth-order valence-electron chi connectivity index (χ4n) is 2.87. The lowest BCUT2D eigenvalue weighted by molar-refractivity contribution is 0.102. The zero-order valence-corrected chi connectivity index (χ0v) is 16.8. The molecule has 5 nitrogen and oxygen atoms in total. The molecule has 144 valence electrons. The van der Waals surface area contributed by atoms with Gasteiger partial charge >= 0.3 is 0 Å². The van der Waals surface area contributed by atoms with E-state index in [1.165, 1.54) is 17.5 Å². The van der Waals surface area contributed by atoms with E-state index in [0.29, 0.717) is 18.1 Å². The lowest BCUT2D eigenvalue weighted by Gasteiger charge is -2.19. The van der Waals surface area contributed by atoms with Crippen molar-refractivity contribution in [3.8, 4) is 0 Å². The lowest BCUT2D eigenvalue weighted by Crippen LogP contribution is -2.20. The number of amides is 1. The van der Waals surface area contributed by atoms with Gasteiger partial charge < -0.3 is 10.2 Å². The molecule has 0 atom stereocenters. The van der Waals surface area contributed by atoms with Gasteiger partial charge in [-0.05, 0) is 28.7 Å². The number of carbonyl (C=O) groups excluding carboxylic acids is 1. The van der Waals surface area contributed by atoms with Crippen molar-refractivity contribution in [2.75, 3.05) is 17.3 Å². The summed E-state index contributed by atoms with van der Waals surface area (Å²) in [6.07, 6.45) is 1.43. The van der Waals surface area contributed by atoms with E-state index in [2.05, 4.69) is 48.2 Å². The van der Waals surface area contributed by atoms with E-state index in [4.69, 9.17) is 0 Å². The van der Waals surface area contributed by atoms with Crippen molar-refractivity contribution in [2.24, 2.45) is 0 Å². The molecule has 1 amide bonds. The van der Waals surface area contributed by atoms with Crippen LogP contribution < -0.4 is 10.2 Å². The van der Waals surface area contributed by atoms with Crippen LogP contribution in [-0.4, -0.2) is 22.9 Å². The van der Waals surface area contributed by atoms with Crippen LogP contribution in [0.4, 0.5) is 11.5 Å². The van der Waals surface area contributed by atoms with E-state index in [-0.39, 0.29) is 11.3 Å². The molecule has 0 radical (unpaired) electrons. The first-order chi connectivity index (χ1) is 13.3. The van der Waals surface area contributed by atoms with E-state index >= 15 is 0 Å². The minimum absolute atomic E-state index is 0.0768. The Labute approximate surface area is 166 Å². The van der Waals surface area contributed by atoms with Gasteiger partial charge in [0.25, 0.3) is 5.91 Å². The molecule has 0 aliphatic carbocycles. The van der Waals surface area contributed by atoms with E-state index in [1.54, 1.807) is 6.07 Å². The number of rotatable bonds is 5. The van der Waals surface area contributed by atoms with E-state index < -0.39 is 0 Å². The average Bonchev–Trinajstić information content (AvgIpc) is 2.68. The summed E-state index contributed by atoms with van der Waals surface area (Å²) in [6, 6.07) is 19.7. The second kappa shape index (κ2) is 8.21. The molecule has 0 aliphatic rings. The molecule has 2 aromatic carbocycles. The Bertz CT molecular complexity index is 931. The SMILES string of the molecule is CN(Cc1ccccc1)c1cc(C(=O)Nc2ccc(C(C)(C)C)cc2)ncn1. The van der Waals surface area contributed by atoms with Crippen molar-refractivity contribution in [1.82, 2.24) is 9.97 Å². The van der Waals surface area contributed by atoms with Crippen molar-refractivity contribution in [3.05, 3.63) is 83.8 Å². The van der Waals surface area contributed by atoms with Crippen molar-refractivity contribution in [3.63, 3.8) is 0 Å². The van der Waals surface area contributed by atoms with E-state index in [0.717, 1.165) is 5.69 Å². The zero-order valence-electron chi connectivity index (χ0n) is 16.8. The summed E-state index contributed by atoms with van der Waals surface area (Å²) in [5.41, 5.74) is 3.56. The Balaban J connectivity index is 1.70. The maximum atomic E-state index is 12.6. The van der Waals surface area contributed by atoms with Gasteiger partial charge in [0.15, 0.2) is 0 Å². The van der Waals surface area contributed by atoms with Crippen LogP contribution in [0.1, 0.15) is 42.4 Å². The molecule has 3 rings (SSSR count). The predicted octanol–water partition coefficient (Wildman–Crippen LogP) is 4.66. The van der Waals surface area contributed by atoms with Crippen molar-refractivity contribution in [2.45, 2.75) is 32.7 Å². The quantitative estimate of drug-likeness (QED) is 0.705. The van der Waals surface area contributed by atoms with E-state index in [9.17, 15) is 4.79 Å². The van der Waals surface area contributed by atoms with Gasteiger partial charge in [-0.1, -0.05) is 63.2 Å². The monoisotopic (exact) mass is 374 g/mol. The largest absolute Gasteiger partial charge is 0.355 e. The highest BCUT2D eigenvalue weighted by Gasteiger charge is 2.14. The van der Waals surface area contributed by atoms with Crippen LogP contribution in [0.5, 0.6) is 0 Å². The van der Waals surface area contributed by atoms with Gasteiger partial charge in [0, 0.05) is 25.3 Å². The number of hydrogen-bond donors (Lipinski definition) is 1. The summed E-state index contributed by atoms with van der Waals surface area (Å²) < 4.78 is 0. The third-order valence-corrected chi connectivity index (χ3v) is 4.55. The highest BCUT2D eigenvalue weighted by Crippen LogP contribution is 2.23. The van der Waals surface area contributed by atoms with Gasteiger partial charge in [-0.3, -0.25) is 4.79 Å². The topological polar surface area (TPSA) is 58.1 Å². The van der Waals surface area contributed by atoms with Crippen molar-refractivity contribution in [1.29, 1.82) is 0 Å². The molecule has 0 spiro atoms. The fourth-order valence-corrected chi connectivity index (χ4v) is 2.87. The number of anilines is 2. The molecule has 28 heavy (non-hydrogen) atoms. The van der Waals surface area contributed by atoms with Gasteiger partial charge in [0.05, 0.1) is 0 Å². The van der Waals surface area contributed by atoms with Crippen molar-refractivity contribution < 1.29 is 4.79 Å². The molecule has 0 saturated carbocycles. The molecule has 0 unspecified atom stereocenters. The van der Waals surface area contributed by atoms with Crippen LogP contribution >= 0.6 is 0 Å². The summed E-state index contributed by atoms with van der Waals surface area (Å²) in [5, 5.41) is 2.90. The van der Waals surface area contributed by atoms with Crippen LogP contribution in [0.2, 0.25) is 0 Å². The normalized spacial score (nSPS) is 11.1. The maximum absolute atomic E-state index is 12.6. The Morgan fingerprint density at radius 3 is 2.32 bits per heavy atom. The molecule has 5 heteroatoms. The third-order valence-electron chi connectivity index (χ3n) is 4.55. The van der Waals surface area contributed by atoms with Gasteiger partial charge in [0.1, 0.15) is 17.8 Å². The fraction of sp³-hybridized carbons (Fsp3) is 0.261. The first-order valence-corrected chi connectivity index (χ1v) is 9.32.